The Hall–Kier alpha value is -2.31. The lowest BCUT2D eigenvalue weighted by Gasteiger charge is -2.15. The van der Waals surface area contributed by atoms with Crippen molar-refractivity contribution < 1.29 is 18.0 Å². The number of alkyl halides is 3. The summed E-state index contributed by atoms with van der Waals surface area (Å²) in [6.45, 7) is 5.67. The van der Waals surface area contributed by atoms with Crippen LogP contribution in [0.25, 0.3) is 5.69 Å². The highest BCUT2D eigenvalue weighted by atomic mass is 19.4. The fraction of sp³-hybridized carbons (Fsp3) is 0.412. The Balaban J connectivity index is 2.35. The molecule has 0 saturated heterocycles. The van der Waals surface area contributed by atoms with Gasteiger partial charge in [0.15, 0.2) is 0 Å². The first kappa shape index (κ1) is 18.0. The van der Waals surface area contributed by atoms with Crippen molar-refractivity contribution in [3.63, 3.8) is 0 Å². The summed E-state index contributed by atoms with van der Waals surface area (Å²) < 4.78 is 40.8. The number of aromatic nitrogens is 2. The lowest BCUT2D eigenvalue weighted by atomic mass is 10.1. The van der Waals surface area contributed by atoms with Crippen LogP contribution in [-0.4, -0.2) is 15.7 Å². The summed E-state index contributed by atoms with van der Waals surface area (Å²) in [5.41, 5.74) is -0.394. The smallest absolute Gasteiger partial charge is 0.311 e. The second kappa shape index (κ2) is 7.07. The molecule has 0 atom stereocenters. The Morgan fingerprint density at radius 3 is 2.58 bits per heavy atom. The molecule has 130 valence electrons. The van der Waals surface area contributed by atoms with Gasteiger partial charge in [0.1, 0.15) is 5.82 Å². The number of carbonyl (C=O) groups is 1. The SMILES string of the molecule is Cc1cc(NC(=O)CCC(C)C)n(-c2ccccc2C(F)(F)F)n1. The molecule has 4 nitrogen and oxygen atoms in total. The third kappa shape index (κ3) is 4.37. The first-order chi connectivity index (χ1) is 11.2. The maximum atomic E-state index is 13.2. The first-order valence-electron chi connectivity index (χ1n) is 7.71. The quantitative estimate of drug-likeness (QED) is 0.867. The predicted molar refractivity (Wildman–Crippen MR) is 86.0 cm³/mol. The van der Waals surface area contributed by atoms with Gasteiger partial charge in [-0.15, -0.1) is 0 Å². The van der Waals surface area contributed by atoms with Crippen molar-refractivity contribution in [3.05, 3.63) is 41.6 Å². The third-order valence-corrected chi connectivity index (χ3v) is 3.49. The standard InChI is InChI=1S/C17H20F3N3O/c1-11(2)8-9-16(24)21-15-10-12(3)22-23(15)14-7-5-4-6-13(14)17(18,19)20/h4-7,10-11H,8-9H2,1-3H3,(H,21,24). The van der Waals surface area contributed by atoms with Crippen LogP contribution in [0.15, 0.2) is 30.3 Å². The maximum absolute atomic E-state index is 13.2. The van der Waals surface area contributed by atoms with Crippen molar-refractivity contribution >= 4 is 11.7 Å². The molecule has 0 saturated carbocycles. The summed E-state index contributed by atoms with van der Waals surface area (Å²) in [5, 5.41) is 6.76. The molecule has 0 aliphatic carbocycles. The molecule has 1 aromatic carbocycles. The number of carbonyl (C=O) groups excluding carboxylic acids is 1. The fourth-order valence-corrected chi connectivity index (χ4v) is 2.30. The van der Waals surface area contributed by atoms with E-state index < -0.39 is 11.7 Å². The number of benzene rings is 1. The van der Waals surface area contributed by atoms with E-state index >= 15 is 0 Å². The molecule has 0 bridgehead atoms. The van der Waals surface area contributed by atoms with E-state index in [1.807, 2.05) is 13.8 Å². The second-order valence-electron chi connectivity index (χ2n) is 6.08. The van der Waals surface area contributed by atoms with Gasteiger partial charge in [-0.1, -0.05) is 26.0 Å². The number of hydrogen-bond donors (Lipinski definition) is 1. The van der Waals surface area contributed by atoms with Crippen molar-refractivity contribution in [2.24, 2.45) is 5.92 Å². The molecule has 1 heterocycles. The van der Waals surface area contributed by atoms with Crippen molar-refractivity contribution in [1.29, 1.82) is 0 Å². The molecule has 0 fully saturated rings. The predicted octanol–water partition coefficient (Wildman–Crippen LogP) is 4.57. The molecule has 0 unspecified atom stereocenters. The van der Waals surface area contributed by atoms with Crippen LogP contribution in [0.5, 0.6) is 0 Å². The van der Waals surface area contributed by atoms with Crippen LogP contribution in [0.4, 0.5) is 19.0 Å². The number of anilines is 1. The molecular weight excluding hydrogens is 319 g/mol. The topological polar surface area (TPSA) is 46.9 Å². The minimum Gasteiger partial charge on any atom is -0.311 e. The minimum atomic E-state index is -4.50. The summed E-state index contributed by atoms with van der Waals surface area (Å²) in [5.74, 6) is 0.362. The molecule has 2 aromatic rings. The summed E-state index contributed by atoms with van der Waals surface area (Å²) in [6, 6.07) is 6.71. The minimum absolute atomic E-state index is 0.114. The van der Waals surface area contributed by atoms with Crippen LogP contribution >= 0.6 is 0 Å². The van der Waals surface area contributed by atoms with E-state index in [-0.39, 0.29) is 17.4 Å². The number of halogens is 3. The van der Waals surface area contributed by atoms with E-state index in [0.717, 1.165) is 10.7 Å². The van der Waals surface area contributed by atoms with Gasteiger partial charge in [-0.25, -0.2) is 4.68 Å². The number of hydrogen-bond acceptors (Lipinski definition) is 2. The summed E-state index contributed by atoms with van der Waals surface area (Å²) in [4.78, 5) is 12.0. The van der Waals surface area contributed by atoms with Crippen LogP contribution in [0.2, 0.25) is 0 Å². The third-order valence-electron chi connectivity index (χ3n) is 3.49. The van der Waals surface area contributed by atoms with Crippen LogP contribution < -0.4 is 5.32 Å². The van der Waals surface area contributed by atoms with Gasteiger partial charge in [0, 0.05) is 12.5 Å². The van der Waals surface area contributed by atoms with Crippen molar-refractivity contribution in [2.75, 3.05) is 5.32 Å². The van der Waals surface area contributed by atoms with Gasteiger partial charge in [-0.3, -0.25) is 4.79 Å². The van der Waals surface area contributed by atoms with E-state index in [1.54, 1.807) is 13.0 Å². The second-order valence-corrected chi connectivity index (χ2v) is 6.08. The number of aryl methyl sites for hydroxylation is 1. The van der Waals surface area contributed by atoms with Crippen LogP contribution in [0.1, 0.15) is 37.9 Å². The van der Waals surface area contributed by atoms with Crippen LogP contribution in [0.3, 0.4) is 0 Å². The van der Waals surface area contributed by atoms with E-state index in [9.17, 15) is 18.0 Å². The largest absolute Gasteiger partial charge is 0.418 e. The van der Waals surface area contributed by atoms with E-state index in [0.29, 0.717) is 24.5 Å². The number of rotatable bonds is 5. The van der Waals surface area contributed by atoms with Gasteiger partial charge >= 0.3 is 6.18 Å². The Bertz CT molecular complexity index is 720. The summed E-state index contributed by atoms with van der Waals surface area (Å²) in [6.07, 6.45) is -3.49. The number of nitrogens with one attached hydrogen (secondary N) is 1. The summed E-state index contributed by atoms with van der Waals surface area (Å²) in [7, 11) is 0. The highest BCUT2D eigenvalue weighted by Crippen LogP contribution is 2.34. The molecule has 24 heavy (non-hydrogen) atoms. The van der Waals surface area contributed by atoms with Gasteiger partial charge < -0.3 is 5.32 Å². The van der Waals surface area contributed by atoms with Crippen molar-refractivity contribution in [1.82, 2.24) is 9.78 Å². The van der Waals surface area contributed by atoms with Crippen LogP contribution in [0, 0.1) is 12.8 Å². The van der Waals surface area contributed by atoms with Gasteiger partial charge in [0.25, 0.3) is 0 Å². The number of amides is 1. The molecule has 7 heteroatoms. The normalized spacial score (nSPS) is 11.8. The molecule has 2 rings (SSSR count). The Morgan fingerprint density at radius 2 is 1.96 bits per heavy atom. The highest BCUT2D eigenvalue weighted by molar-refractivity contribution is 5.90. The van der Waals surface area contributed by atoms with E-state index in [1.165, 1.54) is 18.2 Å². The molecule has 0 aliphatic rings. The van der Waals surface area contributed by atoms with Crippen molar-refractivity contribution in [2.45, 2.75) is 39.8 Å². The van der Waals surface area contributed by atoms with Gasteiger partial charge in [-0.2, -0.15) is 18.3 Å². The summed E-state index contributed by atoms with van der Waals surface area (Å²) >= 11 is 0. The molecule has 0 aliphatic heterocycles. The Morgan fingerprint density at radius 1 is 1.29 bits per heavy atom. The number of para-hydroxylation sites is 1. The van der Waals surface area contributed by atoms with Crippen LogP contribution in [-0.2, 0) is 11.0 Å². The highest BCUT2D eigenvalue weighted by Gasteiger charge is 2.34. The molecule has 0 radical (unpaired) electrons. The zero-order chi connectivity index (χ0) is 17.9. The molecule has 1 amide bonds. The molecule has 0 spiro atoms. The zero-order valence-electron chi connectivity index (χ0n) is 13.8. The Labute approximate surface area is 138 Å². The van der Waals surface area contributed by atoms with Gasteiger partial charge in [-0.05, 0) is 31.4 Å². The number of nitrogens with zero attached hydrogens (tertiary/aromatic N) is 2. The Kier molecular flexibility index (Phi) is 5.31. The van der Waals surface area contributed by atoms with E-state index in [4.69, 9.17) is 0 Å². The molecule has 1 aromatic heterocycles. The van der Waals surface area contributed by atoms with E-state index in [2.05, 4.69) is 10.4 Å². The zero-order valence-corrected chi connectivity index (χ0v) is 13.8. The lowest BCUT2D eigenvalue weighted by molar-refractivity contribution is -0.137. The first-order valence-corrected chi connectivity index (χ1v) is 7.71. The monoisotopic (exact) mass is 339 g/mol. The molecular formula is C17H20F3N3O. The average molecular weight is 339 g/mol. The van der Waals surface area contributed by atoms with Gasteiger partial charge in [0.2, 0.25) is 5.91 Å². The van der Waals surface area contributed by atoms with Crippen molar-refractivity contribution in [3.8, 4) is 5.69 Å². The van der Waals surface area contributed by atoms with Gasteiger partial charge in [0.05, 0.1) is 16.9 Å². The lowest BCUT2D eigenvalue weighted by Crippen LogP contribution is -2.17. The average Bonchev–Trinajstić information content (AvgIpc) is 2.84. The maximum Gasteiger partial charge on any atom is 0.418 e. The fourth-order valence-electron chi connectivity index (χ4n) is 2.30. The molecule has 1 N–H and O–H groups in total.